The second-order valence-corrected chi connectivity index (χ2v) is 4.63. The van der Waals surface area contributed by atoms with Crippen LogP contribution in [0.5, 0.6) is 0 Å². The van der Waals surface area contributed by atoms with Gasteiger partial charge in [-0.15, -0.1) is 0 Å². The first-order valence-corrected chi connectivity index (χ1v) is 6.21. The van der Waals surface area contributed by atoms with Crippen LogP contribution in [-0.2, 0) is 4.79 Å². The van der Waals surface area contributed by atoms with Crippen LogP contribution in [0, 0.1) is 5.82 Å². The van der Waals surface area contributed by atoms with Gasteiger partial charge in [0.15, 0.2) is 0 Å². The number of halogens is 2. The number of carbonyl (C=O) groups is 2. The van der Waals surface area contributed by atoms with Gasteiger partial charge in [-0.2, -0.15) is 0 Å². The van der Waals surface area contributed by atoms with Crippen molar-refractivity contribution < 1.29 is 19.1 Å². The summed E-state index contributed by atoms with van der Waals surface area (Å²) in [5, 5.41) is 11.2. The summed E-state index contributed by atoms with van der Waals surface area (Å²) in [6, 6.07) is 3.69. The number of carboxylic acid groups (broad SMARTS) is 1. The minimum atomic E-state index is -1.00. The van der Waals surface area contributed by atoms with Crippen LogP contribution in [0.25, 0.3) is 0 Å². The summed E-state index contributed by atoms with van der Waals surface area (Å²) in [6.45, 7) is 1.75. The second kappa shape index (κ2) is 6.49. The quantitative estimate of drug-likeness (QED) is 0.877. The summed E-state index contributed by atoms with van der Waals surface area (Å²) in [4.78, 5) is 22.4. The van der Waals surface area contributed by atoms with Crippen LogP contribution >= 0.6 is 15.9 Å². The molecule has 98 valence electrons. The Bertz CT molecular complexity index is 444. The van der Waals surface area contributed by atoms with Gasteiger partial charge in [0.25, 0.3) is 5.91 Å². The van der Waals surface area contributed by atoms with E-state index in [9.17, 15) is 14.0 Å². The average Bonchev–Trinajstić information content (AvgIpc) is 2.27. The van der Waals surface area contributed by atoms with Crippen LogP contribution < -0.4 is 5.32 Å². The lowest BCUT2D eigenvalue weighted by Gasteiger charge is -2.15. The molecule has 1 amide bonds. The molecule has 1 aromatic rings. The summed E-state index contributed by atoms with van der Waals surface area (Å²) < 4.78 is 13.8. The van der Waals surface area contributed by atoms with E-state index in [-0.39, 0.29) is 12.0 Å². The van der Waals surface area contributed by atoms with E-state index >= 15 is 0 Å². The van der Waals surface area contributed by atoms with Gasteiger partial charge in [-0.3, -0.25) is 9.59 Å². The van der Waals surface area contributed by atoms with Crippen molar-refractivity contribution in [3.63, 3.8) is 0 Å². The maximum Gasteiger partial charge on any atom is 0.305 e. The van der Waals surface area contributed by atoms with Crippen molar-refractivity contribution >= 4 is 27.8 Å². The Morgan fingerprint density at radius 1 is 1.50 bits per heavy atom. The fourth-order valence-corrected chi connectivity index (χ4v) is 2.00. The van der Waals surface area contributed by atoms with E-state index in [1.54, 1.807) is 13.0 Å². The molecule has 18 heavy (non-hydrogen) atoms. The van der Waals surface area contributed by atoms with Crippen molar-refractivity contribution in [3.8, 4) is 0 Å². The molecule has 0 aromatic heterocycles. The standard InChI is InChI=1S/C12H13BrFNO3/c1-2-7(6-10(16)17)15-12(18)11-8(13)4-3-5-9(11)14/h3-5,7H,2,6H2,1H3,(H,15,18)(H,16,17). The van der Waals surface area contributed by atoms with E-state index < -0.39 is 23.7 Å². The molecule has 0 fully saturated rings. The zero-order chi connectivity index (χ0) is 13.7. The highest BCUT2D eigenvalue weighted by molar-refractivity contribution is 9.10. The Kier molecular flexibility index (Phi) is 5.27. The Morgan fingerprint density at radius 3 is 2.67 bits per heavy atom. The molecule has 0 aliphatic carbocycles. The first-order valence-electron chi connectivity index (χ1n) is 5.42. The predicted molar refractivity (Wildman–Crippen MR) is 67.9 cm³/mol. The zero-order valence-corrected chi connectivity index (χ0v) is 11.3. The van der Waals surface area contributed by atoms with Gasteiger partial charge in [0.2, 0.25) is 0 Å². The molecule has 4 nitrogen and oxygen atoms in total. The van der Waals surface area contributed by atoms with Crippen LogP contribution in [-0.4, -0.2) is 23.0 Å². The normalized spacial score (nSPS) is 11.9. The van der Waals surface area contributed by atoms with Crippen LogP contribution in [0.15, 0.2) is 22.7 Å². The summed E-state index contributed by atoms with van der Waals surface area (Å²) in [7, 11) is 0. The van der Waals surface area contributed by atoms with E-state index in [4.69, 9.17) is 5.11 Å². The third-order valence-corrected chi connectivity index (χ3v) is 3.10. The summed E-state index contributed by atoms with van der Waals surface area (Å²) in [6.07, 6.45) is 0.276. The van der Waals surface area contributed by atoms with E-state index in [2.05, 4.69) is 21.2 Å². The molecule has 1 rings (SSSR count). The van der Waals surface area contributed by atoms with Gasteiger partial charge in [-0.1, -0.05) is 13.0 Å². The maximum atomic E-state index is 13.5. The van der Waals surface area contributed by atoms with E-state index in [0.717, 1.165) is 0 Å². The first kappa shape index (κ1) is 14.6. The van der Waals surface area contributed by atoms with Crippen molar-refractivity contribution in [2.45, 2.75) is 25.8 Å². The molecule has 0 bridgehead atoms. The van der Waals surface area contributed by atoms with Crippen molar-refractivity contribution in [2.24, 2.45) is 0 Å². The fraction of sp³-hybridized carbons (Fsp3) is 0.333. The van der Waals surface area contributed by atoms with Crippen molar-refractivity contribution in [2.75, 3.05) is 0 Å². The summed E-state index contributed by atoms with van der Waals surface area (Å²) in [5.41, 5.74) is -0.110. The molecule has 0 saturated heterocycles. The van der Waals surface area contributed by atoms with Crippen LogP contribution in [0.4, 0.5) is 4.39 Å². The number of rotatable bonds is 5. The third kappa shape index (κ3) is 3.80. The van der Waals surface area contributed by atoms with Crippen LogP contribution in [0.3, 0.4) is 0 Å². The molecule has 1 aromatic carbocycles. The van der Waals surface area contributed by atoms with Crippen molar-refractivity contribution in [1.29, 1.82) is 0 Å². The van der Waals surface area contributed by atoms with E-state index in [1.165, 1.54) is 12.1 Å². The SMILES string of the molecule is CCC(CC(=O)O)NC(=O)c1c(F)cccc1Br. The van der Waals surface area contributed by atoms with Gasteiger partial charge < -0.3 is 10.4 Å². The van der Waals surface area contributed by atoms with Gasteiger partial charge >= 0.3 is 5.97 Å². The molecule has 0 aliphatic rings. The number of carboxylic acids is 1. The van der Waals surface area contributed by atoms with Gasteiger partial charge in [-0.05, 0) is 34.5 Å². The second-order valence-electron chi connectivity index (χ2n) is 3.77. The molecular weight excluding hydrogens is 305 g/mol. The molecule has 1 atom stereocenters. The highest BCUT2D eigenvalue weighted by atomic mass is 79.9. The van der Waals surface area contributed by atoms with Gasteiger partial charge in [-0.25, -0.2) is 4.39 Å². The molecule has 0 radical (unpaired) electrons. The van der Waals surface area contributed by atoms with Crippen LogP contribution in [0.2, 0.25) is 0 Å². The first-order chi connectivity index (χ1) is 8.45. The molecule has 0 aliphatic heterocycles. The molecule has 1 unspecified atom stereocenters. The highest BCUT2D eigenvalue weighted by Crippen LogP contribution is 2.19. The lowest BCUT2D eigenvalue weighted by atomic mass is 10.1. The Morgan fingerprint density at radius 2 is 2.17 bits per heavy atom. The van der Waals surface area contributed by atoms with Gasteiger partial charge in [0, 0.05) is 10.5 Å². The summed E-state index contributed by atoms with van der Waals surface area (Å²) in [5.74, 6) is -2.27. The minimum absolute atomic E-state index is 0.110. The predicted octanol–water partition coefficient (Wildman–Crippen LogP) is 2.57. The number of carbonyl (C=O) groups excluding carboxylic acids is 1. The minimum Gasteiger partial charge on any atom is -0.481 e. The monoisotopic (exact) mass is 317 g/mol. The molecule has 6 heteroatoms. The molecular formula is C12H13BrFNO3. The number of amides is 1. The molecule has 2 N–H and O–H groups in total. The smallest absolute Gasteiger partial charge is 0.305 e. The van der Waals surface area contributed by atoms with E-state index in [0.29, 0.717) is 10.9 Å². The Hall–Kier alpha value is -1.43. The average molecular weight is 318 g/mol. The van der Waals surface area contributed by atoms with Crippen molar-refractivity contribution in [3.05, 3.63) is 34.1 Å². The Labute approximate surface area is 112 Å². The number of nitrogens with one attached hydrogen (secondary N) is 1. The van der Waals surface area contributed by atoms with Crippen LogP contribution in [0.1, 0.15) is 30.1 Å². The largest absolute Gasteiger partial charge is 0.481 e. The highest BCUT2D eigenvalue weighted by Gasteiger charge is 2.19. The Balaban J connectivity index is 2.84. The summed E-state index contributed by atoms with van der Waals surface area (Å²) >= 11 is 3.09. The lowest BCUT2D eigenvalue weighted by molar-refractivity contribution is -0.137. The van der Waals surface area contributed by atoms with Gasteiger partial charge in [0.1, 0.15) is 5.82 Å². The third-order valence-electron chi connectivity index (χ3n) is 2.44. The number of benzene rings is 1. The van der Waals surface area contributed by atoms with E-state index in [1.807, 2.05) is 0 Å². The number of hydrogen-bond donors (Lipinski definition) is 2. The van der Waals surface area contributed by atoms with Gasteiger partial charge in [0.05, 0.1) is 12.0 Å². The molecule has 0 heterocycles. The maximum absolute atomic E-state index is 13.5. The number of hydrogen-bond acceptors (Lipinski definition) is 2. The number of aliphatic carboxylic acids is 1. The topological polar surface area (TPSA) is 66.4 Å². The lowest BCUT2D eigenvalue weighted by Crippen LogP contribution is -2.36. The fourth-order valence-electron chi connectivity index (χ4n) is 1.48. The molecule has 0 saturated carbocycles. The molecule has 0 spiro atoms. The zero-order valence-electron chi connectivity index (χ0n) is 9.74. The van der Waals surface area contributed by atoms with Crippen molar-refractivity contribution in [1.82, 2.24) is 5.32 Å².